The Balaban J connectivity index is 2.57. The highest BCUT2D eigenvalue weighted by Gasteiger charge is 2.50. The molecule has 0 aromatic carbocycles. The first-order valence-corrected chi connectivity index (χ1v) is 19.9. The number of aliphatic hydroxyl groups is 1. The van der Waals surface area contributed by atoms with Crippen molar-refractivity contribution in [3.8, 4) is 0 Å². The monoisotopic (exact) mass is 694 g/mol. The smallest absolute Gasteiger partial charge is 0.397 e. The number of unbranched alkanes of at least 4 members (excludes halogenated alkanes) is 20. The molecular weight excluding hydrogens is 628 g/mol. The molecule has 0 saturated carbocycles. The van der Waals surface area contributed by atoms with Gasteiger partial charge in [-0.3, -0.25) is 14.1 Å². The van der Waals surface area contributed by atoms with Crippen molar-refractivity contribution in [3.05, 3.63) is 0 Å². The summed E-state index contributed by atoms with van der Waals surface area (Å²) in [4.78, 5) is 25.6. The van der Waals surface area contributed by atoms with Gasteiger partial charge in [-0.2, -0.15) is 8.42 Å². The average Bonchev–Trinajstić information content (AvgIpc) is 3.03. The summed E-state index contributed by atoms with van der Waals surface area (Å²) < 4.78 is 57.9. The Labute approximate surface area is 285 Å². The van der Waals surface area contributed by atoms with Crippen LogP contribution in [0.15, 0.2) is 0 Å². The fourth-order valence-corrected chi connectivity index (χ4v) is 6.23. The van der Waals surface area contributed by atoms with Gasteiger partial charge >= 0.3 is 22.3 Å². The van der Waals surface area contributed by atoms with Gasteiger partial charge in [0.15, 0.2) is 18.5 Å². The summed E-state index contributed by atoms with van der Waals surface area (Å²) in [6.45, 7) is 3.67. The van der Waals surface area contributed by atoms with Crippen LogP contribution in [-0.2, 0) is 43.1 Å². The second-order valence-electron chi connectivity index (χ2n) is 13.0. The molecule has 1 aliphatic rings. The van der Waals surface area contributed by atoms with Crippen LogP contribution in [0.1, 0.15) is 168 Å². The lowest BCUT2D eigenvalue weighted by Gasteiger charge is -2.42. The fraction of sp³-hybridized carbons (Fsp3) is 0.943. The van der Waals surface area contributed by atoms with Gasteiger partial charge < -0.3 is 24.1 Å². The number of esters is 2. The number of methoxy groups -OCH3 is 1. The molecule has 2 N–H and O–H groups in total. The van der Waals surface area contributed by atoms with E-state index in [9.17, 15) is 23.1 Å². The van der Waals surface area contributed by atoms with Gasteiger partial charge in [0, 0.05) is 20.0 Å². The van der Waals surface area contributed by atoms with E-state index in [1.165, 1.54) is 97.0 Å². The van der Waals surface area contributed by atoms with Crippen LogP contribution in [0, 0.1) is 0 Å². The zero-order valence-corrected chi connectivity index (χ0v) is 30.4. The lowest BCUT2D eigenvalue weighted by molar-refractivity contribution is -0.299. The van der Waals surface area contributed by atoms with Crippen LogP contribution in [-0.4, -0.2) is 74.4 Å². The fourth-order valence-electron chi connectivity index (χ4n) is 5.92. The van der Waals surface area contributed by atoms with Crippen LogP contribution in [0.5, 0.6) is 0 Å². The lowest BCUT2D eigenvalue weighted by atomic mass is 9.98. The van der Waals surface area contributed by atoms with E-state index in [4.69, 9.17) is 23.5 Å². The van der Waals surface area contributed by atoms with E-state index in [1.807, 2.05) is 0 Å². The van der Waals surface area contributed by atoms with Crippen molar-refractivity contribution in [1.29, 1.82) is 0 Å². The van der Waals surface area contributed by atoms with Crippen LogP contribution in [0.3, 0.4) is 0 Å². The van der Waals surface area contributed by atoms with Gasteiger partial charge in [0.2, 0.25) is 0 Å². The average molecular weight is 695 g/mol. The molecule has 278 valence electrons. The Kier molecular flexibility index (Phi) is 25.6. The summed E-state index contributed by atoms with van der Waals surface area (Å²) in [5, 5.41) is 11.0. The van der Waals surface area contributed by atoms with Crippen molar-refractivity contribution in [3.63, 3.8) is 0 Å². The molecule has 1 heterocycles. The van der Waals surface area contributed by atoms with Gasteiger partial charge in [0.1, 0.15) is 12.2 Å². The molecule has 11 nitrogen and oxygen atoms in total. The minimum Gasteiger partial charge on any atom is -0.455 e. The van der Waals surface area contributed by atoms with Crippen LogP contribution in [0.25, 0.3) is 0 Å². The Bertz CT molecular complexity index is 898. The highest BCUT2D eigenvalue weighted by atomic mass is 32.3. The van der Waals surface area contributed by atoms with Crippen molar-refractivity contribution < 1.29 is 50.8 Å². The molecule has 0 aromatic heterocycles. The zero-order valence-electron chi connectivity index (χ0n) is 29.5. The van der Waals surface area contributed by atoms with Gasteiger partial charge in [-0.05, 0) is 12.8 Å². The molecule has 12 heteroatoms. The quantitative estimate of drug-likeness (QED) is 0.0430. The van der Waals surface area contributed by atoms with E-state index < -0.39 is 59.7 Å². The number of aliphatic hydroxyl groups excluding tert-OH is 1. The van der Waals surface area contributed by atoms with Crippen LogP contribution in [0.4, 0.5) is 0 Å². The largest absolute Gasteiger partial charge is 0.455 e. The molecule has 1 rings (SSSR count). The third-order valence-corrected chi connectivity index (χ3v) is 9.17. The SMILES string of the molecule is CCCCCCCCCCCCCC(=O)O[C@H]1[C@@H](OC)O[C@H](COS(=O)(=O)O)[C@@H](O)[C@@H]1OC(=O)CCCCCCCCCCCCC. The maximum Gasteiger partial charge on any atom is 0.397 e. The summed E-state index contributed by atoms with van der Waals surface area (Å²) >= 11 is 0. The normalized spacial score (nSPS) is 21.5. The first-order valence-electron chi connectivity index (χ1n) is 18.5. The Hall–Kier alpha value is -1.31. The predicted molar refractivity (Wildman–Crippen MR) is 181 cm³/mol. The topological polar surface area (TPSA) is 155 Å². The number of rotatable bonds is 30. The summed E-state index contributed by atoms with van der Waals surface area (Å²) in [5.41, 5.74) is 0. The minimum atomic E-state index is -4.82. The number of hydrogen-bond donors (Lipinski definition) is 2. The van der Waals surface area contributed by atoms with Crippen molar-refractivity contribution in [2.45, 2.75) is 199 Å². The molecule has 0 unspecified atom stereocenters. The van der Waals surface area contributed by atoms with Crippen molar-refractivity contribution in [1.82, 2.24) is 0 Å². The molecular formula is C35H66O11S. The highest BCUT2D eigenvalue weighted by molar-refractivity contribution is 7.80. The molecule has 0 bridgehead atoms. The molecule has 1 saturated heterocycles. The van der Waals surface area contributed by atoms with E-state index >= 15 is 0 Å². The molecule has 0 spiro atoms. The number of carbonyl (C=O) groups excluding carboxylic acids is 2. The maximum absolute atomic E-state index is 12.8. The van der Waals surface area contributed by atoms with Gasteiger partial charge in [0.25, 0.3) is 0 Å². The molecule has 0 amide bonds. The Morgan fingerprint density at radius 2 is 0.979 bits per heavy atom. The second-order valence-corrected chi connectivity index (χ2v) is 14.1. The standard InChI is InChI=1S/C35H66O11S/c1-4-6-8-10-12-14-16-18-20-22-24-26-30(36)45-33-32(38)29(28-43-47(39,40)41)44-35(42-3)34(33)46-31(37)27-25-23-21-19-17-15-13-11-9-7-5-2/h29,32-35,38H,4-28H2,1-3H3,(H,39,40,41)/t29-,32-,33+,34-,35+/m1/s1. The Morgan fingerprint density at radius 1 is 0.617 bits per heavy atom. The predicted octanol–water partition coefficient (Wildman–Crippen LogP) is 7.76. The van der Waals surface area contributed by atoms with Gasteiger partial charge in [0.05, 0.1) is 6.61 Å². The molecule has 5 atom stereocenters. The molecule has 0 aromatic rings. The van der Waals surface area contributed by atoms with Gasteiger partial charge in [-0.15, -0.1) is 0 Å². The summed E-state index contributed by atoms with van der Waals surface area (Å²) in [6, 6.07) is 0. The molecule has 1 aliphatic heterocycles. The van der Waals surface area contributed by atoms with Crippen LogP contribution < -0.4 is 0 Å². The van der Waals surface area contributed by atoms with Crippen molar-refractivity contribution >= 4 is 22.3 Å². The zero-order chi connectivity index (χ0) is 34.8. The lowest BCUT2D eigenvalue weighted by Crippen LogP contribution is -2.61. The molecule has 0 radical (unpaired) electrons. The number of carbonyl (C=O) groups is 2. The van der Waals surface area contributed by atoms with Gasteiger partial charge in [-0.1, -0.05) is 142 Å². The first-order chi connectivity index (χ1) is 22.6. The van der Waals surface area contributed by atoms with Crippen LogP contribution in [0.2, 0.25) is 0 Å². The second kappa shape index (κ2) is 27.5. The summed E-state index contributed by atoms with van der Waals surface area (Å²) in [7, 11) is -3.53. The van der Waals surface area contributed by atoms with E-state index in [2.05, 4.69) is 18.0 Å². The Morgan fingerprint density at radius 3 is 1.34 bits per heavy atom. The summed E-state index contributed by atoms with van der Waals surface area (Å²) in [6.07, 6.45) is 18.4. The van der Waals surface area contributed by atoms with E-state index in [1.54, 1.807) is 0 Å². The number of hydrogen-bond acceptors (Lipinski definition) is 10. The van der Waals surface area contributed by atoms with Crippen molar-refractivity contribution in [2.75, 3.05) is 13.7 Å². The van der Waals surface area contributed by atoms with E-state index in [-0.39, 0.29) is 12.8 Å². The maximum atomic E-state index is 12.8. The first kappa shape index (κ1) is 43.7. The molecule has 47 heavy (non-hydrogen) atoms. The van der Waals surface area contributed by atoms with E-state index in [0.717, 1.165) is 38.5 Å². The van der Waals surface area contributed by atoms with Gasteiger partial charge in [-0.25, -0.2) is 4.18 Å². The van der Waals surface area contributed by atoms with E-state index in [0.29, 0.717) is 12.8 Å². The summed E-state index contributed by atoms with van der Waals surface area (Å²) in [5.74, 6) is -1.12. The third-order valence-electron chi connectivity index (χ3n) is 8.74. The molecule has 0 aliphatic carbocycles. The third kappa shape index (κ3) is 22.1. The minimum absolute atomic E-state index is 0.115. The van der Waals surface area contributed by atoms with Crippen molar-refractivity contribution in [2.24, 2.45) is 0 Å². The molecule has 1 fully saturated rings. The van der Waals surface area contributed by atoms with Crippen LogP contribution >= 0.6 is 0 Å². The number of ether oxygens (including phenoxy) is 4. The highest BCUT2D eigenvalue weighted by Crippen LogP contribution is 2.28.